The fourth-order valence-corrected chi connectivity index (χ4v) is 2.34. The SMILES string of the molecule is C=CCOc1ccccc1C(=O)N1CC(C(=O)O)O[C@H](C)C1. The van der Waals surface area contributed by atoms with Crippen LogP contribution in [0.2, 0.25) is 0 Å². The number of aliphatic carboxylic acids is 1. The molecule has 1 aliphatic heterocycles. The van der Waals surface area contributed by atoms with Crippen molar-refractivity contribution in [2.75, 3.05) is 19.7 Å². The Morgan fingerprint density at radius 3 is 2.86 bits per heavy atom. The number of carboxylic acids is 1. The molecule has 0 aromatic heterocycles. The first-order chi connectivity index (χ1) is 10.5. The van der Waals surface area contributed by atoms with E-state index in [-0.39, 0.29) is 18.6 Å². The predicted molar refractivity (Wildman–Crippen MR) is 80.0 cm³/mol. The van der Waals surface area contributed by atoms with E-state index in [0.29, 0.717) is 24.5 Å². The summed E-state index contributed by atoms with van der Waals surface area (Å²) in [6, 6.07) is 6.88. The molecule has 1 saturated heterocycles. The molecule has 118 valence electrons. The number of carboxylic acid groups (broad SMARTS) is 1. The Bertz CT molecular complexity index is 571. The molecular weight excluding hydrogens is 286 g/mol. The smallest absolute Gasteiger partial charge is 0.334 e. The summed E-state index contributed by atoms with van der Waals surface area (Å²) in [5.41, 5.74) is 0.405. The van der Waals surface area contributed by atoms with Gasteiger partial charge in [0.25, 0.3) is 5.91 Å². The molecule has 22 heavy (non-hydrogen) atoms. The van der Waals surface area contributed by atoms with Crippen molar-refractivity contribution in [2.24, 2.45) is 0 Å². The fourth-order valence-electron chi connectivity index (χ4n) is 2.34. The van der Waals surface area contributed by atoms with E-state index in [9.17, 15) is 9.59 Å². The number of amides is 1. The van der Waals surface area contributed by atoms with E-state index in [4.69, 9.17) is 14.6 Å². The van der Waals surface area contributed by atoms with Gasteiger partial charge in [-0.05, 0) is 19.1 Å². The average molecular weight is 305 g/mol. The highest BCUT2D eigenvalue weighted by Crippen LogP contribution is 2.22. The third kappa shape index (κ3) is 3.65. The summed E-state index contributed by atoms with van der Waals surface area (Å²) >= 11 is 0. The van der Waals surface area contributed by atoms with Crippen LogP contribution >= 0.6 is 0 Å². The molecule has 0 bridgehead atoms. The highest BCUT2D eigenvalue weighted by Gasteiger charge is 2.33. The van der Waals surface area contributed by atoms with Crippen LogP contribution in [0.4, 0.5) is 0 Å². The molecule has 1 aliphatic rings. The number of hydrogen-bond acceptors (Lipinski definition) is 4. The van der Waals surface area contributed by atoms with Crippen molar-refractivity contribution in [2.45, 2.75) is 19.1 Å². The van der Waals surface area contributed by atoms with Gasteiger partial charge < -0.3 is 19.5 Å². The van der Waals surface area contributed by atoms with Crippen LogP contribution < -0.4 is 4.74 Å². The summed E-state index contributed by atoms with van der Waals surface area (Å²) in [6.07, 6.45) is 0.257. The van der Waals surface area contributed by atoms with Crippen LogP contribution in [0.3, 0.4) is 0 Å². The lowest BCUT2D eigenvalue weighted by molar-refractivity contribution is -0.160. The molecule has 6 nitrogen and oxygen atoms in total. The molecule has 0 saturated carbocycles. The molecule has 1 heterocycles. The van der Waals surface area contributed by atoms with E-state index in [1.165, 1.54) is 4.90 Å². The van der Waals surface area contributed by atoms with Crippen LogP contribution in [0, 0.1) is 0 Å². The zero-order valence-electron chi connectivity index (χ0n) is 12.4. The van der Waals surface area contributed by atoms with E-state index >= 15 is 0 Å². The number of morpholine rings is 1. The first-order valence-electron chi connectivity index (χ1n) is 7.03. The topological polar surface area (TPSA) is 76.1 Å². The van der Waals surface area contributed by atoms with Gasteiger partial charge in [-0.1, -0.05) is 24.8 Å². The fraction of sp³-hybridized carbons (Fsp3) is 0.375. The number of benzene rings is 1. The van der Waals surface area contributed by atoms with Crippen LogP contribution in [0.15, 0.2) is 36.9 Å². The molecule has 1 unspecified atom stereocenters. The molecule has 1 fully saturated rings. The molecule has 1 amide bonds. The average Bonchev–Trinajstić information content (AvgIpc) is 2.51. The Kier molecular flexibility index (Phi) is 5.16. The maximum Gasteiger partial charge on any atom is 0.334 e. The highest BCUT2D eigenvalue weighted by atomic mass is 16.5. The highest BCUT2D eigenvalue weighted by molar-refractivity contribution is 5.97. The van der Waals surface area contributed by atoms with Gasteiger partial charge in [0.15, 0.2) is 6.10 Å². The number of ether oxygens (including phenoxy) is 2. The minimum Gasteiger partial charge on any atom is -0.489 e. The Morgan fingerprint density at radius 2 is 2.18 bits per heavy atom. The van der Waals surface area contributed by atoms with Gasteiger partial charge in [0.05, 0.1) is 18.2 Å². The minimum absolute atomic E-state index is 0.0221. The Morgan fingerprint density at radius 1 is 1.45 bits per heavy atom. The van der Waals surface area contributed by atoms with E-state index < -0.39 is 12.1 Å². The number of carbonyl (C=O) groups excluding carboxylic acids is 1. The molecule has 1 aromatic rings. The van der Waals surface area contributed by atoms with Crippen LogP contribution in [0.5, 0.6) is 5.75 Å². The third-order valence-corrected chi connectivity index (χ3v) is 3.30. The van der Waals surface area contributed by atoms with Crippen LogP contribution in [0.25, 0.3) is 0 Å². The van der Waals surface area contributed by atoms with Gasteiger partial charge in [0, 0.05) is 6.54 Å². The van der Waals surface area contributed by atoms with Crippen LogP contribution in [0.1, 0.15) is 17.3 Å². The van der Waals surface area contributed by atoms with Crippen molar-refractivity contribution in [3.63, 3.8) is 0 Å². The van der Waals surface area contributed by atoms with E-state index in [1.807, 2.05) is 0 Å². The molecule has 1 aromatic carbocycles. The van der Waals surface area contributed by atoms with Crippen molar-refractivity contribution in [3.8, 4) is 5.75 Å². The van der Waals surface area contributed by atoms with Gasteiger partial charge in [-0.25, -0.2) is 4.79 Å². The molecule has 0 spiro atoms. The number of carbonyl (C=O) groups is 2. The largest absolute Gasteiger partial charge is 0.489 e. The lowest BCUT2D eigenvalue weighted by Gasteiger charge is -2.35. The molecule has 0 radical (unpaired) electrons. The van der Waals surface area contributed by atoms with Crippen molar-refractivity contribution >= 4 is 11.9 Å². The second kappa shape index (κ2) is 7.09. The van der Waals surface area contributed by atoms with Crippen molar-refractivity contribution < 1.29 is 24.2 Å². The van der Waals surface area contributed by atoms with Gasteiger partial charge in [0.2, 0.25) is 0 Å². The molecule has 1 N–H and O–H groups in total. The van der Waals surface area contributed by atoms with Gasteiger partial charge in [0.1, 0.15) is 12.4 Å². The van der Waals surface area contributed by atoms with E-state index in [1.54, 1.807) is 37.3 Å². The Labute approximate surface area is 128 Å². The molecule has 2 atom stereocenters. The predicted octanol–water partition coefficient (Wildman–Crippen LogP) is 1.57. The van der Waals surface area contributed by atoms with Gasteiger partial charge in [-0.3, -0.25) is 4.79 Å². The quantitative estimate of drug-likeness (QED) is 0.836. The van der Waals surface area contributed by atoms with Crippen molar-refractivity contribution in [1.82, 2.24) is 4.90 Å². The van der Waals surface area contributed by atoms with Crippen molar-refractivity contribution in [3.05, 3.63) is 42.5 Å². The molecule has 2 rings (SSSR count). The first-order valence-corrected chi connectivity index (χ1v) is 7.03. The summed E-state index contributed by atoms with van der Waals surface area (Å²) in [4.78, 5) is 25.3. The monoisotopic (exact) mass is 305 g/mol. The summed E-state index contributed by atoms with van der Waals surface area (Å²) in [6.45, 7) is 5.98. The lowest BCUT2D eigenvalue weighted by Crippen LogP contribution is -2.51. The summed E-state index contributed by atoms with van der Waals surface area (Å²) in [7, 11) is 0. The maximum absolute atomic E-state index is 12.7. The zero-order valence-corrected chi connectivity index (χ0v) is 12.4. The second-order valence-electron chi connectivity index (χ2n) is 5.08. The number of nitrogens with zero attached hydrogens (tertiary/aromatic N) is 1. The van der Waals surface area contributed by atoms with E-state index in [0.717, 1.165) is 0 Å². The standard InChI is InChI=1S/C16H19NO5/c1-3-8-21-13-7-5-4-6-12(13)15(18)17-9-11(2)22-14(10-17)16(19)20/h3-7,11,14H,1,8-10H2,2H3,(H,19,20)/t11-,14?/m1/s1. The summed E-state index contributed by atoms with van der Waals surface area (Å²) < 4.78 is 10.8. The summed E-state index contributed by atoms with van der Waals surface area (Å²) in [5.74, 6) is -0.875. The van der Waals surface area contributed by atoms with Crippen LogP contribution in [-0.2, 0) is 9.53 Å². The molecule has 0 aliphatic carbocycles. The van der Waals surface area contributed by atoms with Gasteiger partial charge in [-0.2, -0.15) is 0 Å². The normalized spacial score (nSPS) is 21.2. The Hall–Kier alpha value is -2.34. The van der Waals surface area contributed by atoms with Crippen LogP contribution in [-0.4, -0.2) is 53.8 Å². The number of rotatable bonds is 5. The minimum atomic E-state index is -1.07. The lowest BCUT2D eigenvalue weighted by atomic mass is 10.1. The van der Waals surface area contributed by atoms with E-state index in [2.05, 4.69) is 6.58 Å². The number of para-hydroxylation sites is 1. The molecule has 6 heteroatoms. The summed E-state index contributed by atoms with van der Waals surface area (Å²) in [5, 5.41) is 9.10. The maximum atomic E-state index is 12.7. The third-order valence-electron chi connectivity index (χ3n) is 3.30. The first kappa shape index (κ1) is 16.0. The number of hydrogen-bond donors (Lipinski definition) is 1. The Balaban J connectivity index is 2.20. The van der Waals surface area contributed by atoms with Crippen molar-refractivity contribution in [1.29, 1.82) is 0 Å². The second-order valence-corrected chi connectivity index (χ2v) is 5.08. The zero-order chi connectivity index (χ0) is 16.1. The van der Waals surface area contributed by atoms with Gasteiger partial charge in [-0.15, -0.1) is 0 Å². The van der Waals surface area contributed by atoms with Gasteiger partial charge >= 0.3 is 5.97 Å². The molecular formula is C16H19NO5.